The predicted molar refractivity (Wildman–Crippen MR) is 68.9 cm³/mol. The molecule has 0 spiro atoms. The van der Waals surface area contributed by atoms with Crippen molar-refractivity contribution in [2.45, 2.75) is 18.4 Å². The van der Waals surface area contributed by atoms with E-state index in [2.05, 4.69) is 25.9 Å². The number of hydrogen-bond donors (Lipinski definition) is 1. The third-order valence-electron chi connectivity index (χ3n) is 3.05. The minimum absolute atomic E-state index is 0.339. The van der Waals surface area contributed by atoms with Crippen molar-refractivity contribution in [2.24, 2.45) is 5.73 Å². The van der Waals surface area contributed by atoms with Crippen molar-refractivity contribution >= 4 is 26.8 Å². The maximum Gasteiger partial charge on any atom is 0.224 e. The molecular formula is C12H12BrN3O. The average Bonchev–Trinajstić information content (AvgIpc) is 3.07. The Morgan fingerprint density at radius 1 is 1.35 bits per heavy atom. The van der Waals surface area contributed by atoms with Crippen molar-refractivity contribution < 1.29 is 4.74 Å². The number of methoxy groups -OCH3 is 1. The number of nitrogens with zero attached hydrogens (tertiary/aromatic N) is 2. The van der Waals surface area contributed by atoms with Crippen molar-refractivity contribution in [3.63, 3.8) is 0 Å². The van der Waals surface area contributed by atoms with E-state index in [1.165, 1.54) is 0 Å². The molecule has 5 heteroatoms. The van der Waals surface area contributed by atoms with Gasteiger partial charge in [0.2, 0.25) is 5.88 Å². The molecule has 3 rings (SSSR count). The van der Waals surface area contributed by atoms with Crippen LogP contribution in [0.2, 0.25) is 0 Å². The summed E-state index contributed by atoms with van der Waals surface area (Å²) in [6.45, 7) is 0. The third kappa shape index (κ3) is 1.79. The van der Waals surface area contributed by atoms with E-state index in [0.717, 1.165) is 28.2 Å². The Kier molecular flexibility index (Phi) is 2.34. The van der Waals surface area contributed by atoms with E-state index in [1.54, 1.807) is 7.11 Å². The molecule has 4 nitrogen and oxygen atoms in total. The molecule has 0 radical (unpaired) electrons. The van der Waals surface area contributed by atoms with Gasteiger partial charge in [-0.05, 0) is 31.0 Å². The first-order chi connectivity index (χ1) is 8.12. The fourth-order valence-electron chi connectivity index (χ4n) is 1.81. The highest BCUT2D eigenvalue weighted by Crippen LogP contribution is 2.42. The Balaban J connectivity index is 2.26. The molecule has 1 saturated carbocycles. The molecule has 0 atom stereocenters. The Morgan fingerprint density at radius 3 is 2.76 bits per heavy atom. The van der Waals surface area contributed by atoms with Gasteiger partial charge in [0.1, 0.15) is 0 Å². The molecule has 0 aliphatic heterocycles. The van der Waals surface area contributed by atoms with Crippen LogP contribution in [0.1, 0.15) is 18.7 Å². The summed E-state index contributed by atoms with van der Waals surface area (Å²) >= 11 is 3.43. The zero-order chi connectivity index (χ0) is 12.0. The Bertz CT molecular complexity index is 596. The molecular weight excluding hydrogens is 282 g/mol. The lowest BCUT2D eigenvalue weighted by Crippen LogP contribution is -2.22. The van der Waals surface area contributed by atoms with Crippen LogP contribution in [0.5, 0.6) is 5.88 Å². The van der Waals surface area contributed by atoms with Crippen molar-refractivity contribution in [3.8, 4) is 5.88 Å². The maximum absolute atomic E-state index is 6.12. The number of halogens is 1. The van der Waals surface area contributed by atoms with Crippen molar-refractivity contribution in [1.82, 2.24) is 9.97 Å². The van der Waals surface area contributed by atoms with Gasteiger partial charge in [-0.15, -0.1) is 0 Å². The Morgan fingerprint density at radius 2 is 2.12 bits per heavy atom. The summed E-state index contributed by atoms with van der Waals surface area (Å²) < 4.78 is 6.30. The fourth-order valence-corrected chi connectivity index (χ4v) is 2.17. The summed E-state index contributed by atoms with van der Waals surface area (Å²) in [6.07, 6.45) is 1.89. The third-order valence-corrected chi connectivity index (χ3v) is 3.54. The van der Waals surface area contributed by atoms with Gasteiger partial charge < -0.3 is 10.5 Å². The van der Waals surface area contributed by atoms with E-state index in [9.17, 15) is 0 Å². The quantitative estimate of drug-likeness (QED) is 0.923. The smallest absolute Gasteiger partial charge is 0.224 e. The van der Waals surface area contributed by atoms with Crippen LogP contribution in [0.3, 0.4) is 0 Å². The van der Waals surface area contributed by atoms with Gasteiger partial charge in [-0.2, -0.15) is 4.98 Å². The number of hydrogen-bond acceptors (Lipinski definition) is 4. The fraction of sp³-hybridized carbons (Fsp3) is 0.333. The summed E-state index contributed by atoms with van der Waals surface area (Å²) in [5.41, 5.74) is 6.65. The van der Waals surface area contributed by atoms with Crippen LogP contribution in [0.15, 0.2) is 22.7 Å². The highest BCUT2D eigenvalue weighted by Gasteiger charge is 2.43. The van der Waals surface area contributed by atoms with Gasteiger partial charge in [0.25, 0.3) is 0 Å². The van der Waals surface area contributed by atoms with Gasteiger partial charge in [0.15, 0.2) is 5.82 Å². The molecule has 0 bridgehead atoms. The van der Waals surface area contributed by atoms with Crippen LogP contribution in [-0.2, 0) is 5.54 Å². The molecule has 17 heavy (non-hydrogen) atoms. The molecule has 1 aromatic carbocycles. The van der Waals surface area contributed by atoms with Gasteiger partial charge in [0, 0.05) is 4.47 Å². The lowest BCUT2D eigenvalue weighted by Gasteiger charge is -2.11. The number of aromatic nitrogens is 2. The molecule has 1 fully saturated rings. The van der Waals surface area contributed by atoms with Crippen LogP contribution in [0.4, 0.5) is 0 Å². The summed E-state index contributed by atoms with van der Waals surface area (Å²) in [7, 11) is 1.61. The van der Waals surface area contributed by atoms with E-state index in [1.807, 2.05) is 18.2 Å². The summed E-state index contributed by atoms with van der Waals surface area (Å²) in [5, 5.41) is 0.898. The molecule has 1 aliphatic carbocycles. The lowest BCUT2D eigenvalue weighted by molar-refractivity contribution is 0.398. The minimum atomic E-state index is -0.339. The lowest BCUT2D eigenvalue weighted by atomic mass is 10.2. The number of ether oxygens (including phenoxy) is 1. The topological polar surface area (TPSA) is 61.0 Å². The van der Waals surface area contributed by atoms with Gasteiger partial charge >= 0.3 is 0 Å². The molecule has 1 heterocycles. The summed E-state index contributed by atoms with van der Waals surface area (Å²) in [6, 6.07) is 5.85. The SMILES string of the molecule is COc1nc(C2(N)CC2)nc2ccc(Br)cc12. The monoisotopic (exact) mass is 293 g/mol. The van der Waals surface area contributed by atoms with Crippen molar-refractivity contribution in [1.29, 1.82) is 0 Å². The highest BCUT2D eigenvalue weighted by molar-refractivity contribution is 9.10. The van der Waals surface area contributed by atoms with Crippen LogP contribution in [0, 0.1) is 0 Å². The van der Waals surface area contributed by atoms with Crippen molar-refractivity contribution in [2.75, 3.05) is 7.11 Å². The van der Waals surface area contributed by atoms with E-state index in [0.29, 0.717) is 11.7 Å². The number of benzene rings is 1. The molecule has 0 unspecified atom stereocenters. The molecule has 88 valence electrons. The van der Waals surface area contributed by atoms with Crippen molar-refractivity contribution in [3.05, 3.63) is 28.5 Å². The second kappa shape index (κ2) is 3.65. The second-order valence-electron chi connectivity index (χ2n) is 4.37. The highest BCUT2D eigenvalue weighted by atomic mass is 79.9. The van der Waals surface area contributed by atoms with Gasteiger partial charge in [-0.3, -0.25) is 0 Å². The van der Waals surface area contributed by atoms with Crippen LogP contribution in [-0.4, -0.2) is 17.1 Å². The first-order valence-electron chi connectivity index (χ1n) is 5.43. The standard InChI is InChI=1S/C12H12BrN3O/c1-17-10-8-6-7(13)2-3-9(8)15-11(16-10)12(14)4-5-12/h2-3,6H,4-5,14H2,1H3. The Labute approximate surface area is 107 Å². The number of rotatable bonds is 2. The van der Waals surface area contributed by atoms with E-state index in [-0.39, 0.29) is 5.54 Å². The zero-order valence-corrected chi connectivity index (χ0v) is 11.0. The Hall–Kier alpha value is -1.20. The first-order valence-corrected chi connectivity index (χ1v) is 6.22. The van der Waals surface area contributed by atoms with E-state index in [4.69, 9.17) is 10.5 Å². The average molecular weight is 294 g/mol. The van der Waals surface area contributed by atoms with Gasteiger partial charge in [-0.25, -0.2) is 4.98 Å². The first kappa shape index (κ1) is 10.9. The van der Waals surface area contributed by atoms with Crippen LogP contribution in [0.25, 0.3) is 10.9 Å². The second-order valence-corrected chi connectivity index (χ2v) is 5.29. The van der Waals surface area contributed by atoms with Crippen LogP contribution >= 0.6 is 15.9 Å². The molecule has 0 saturated heterocycles. The maximum atomic E-state index is 6.12. The van der Waals surface area contributed by atoms with Gasteiger partial charge in [-0.1, -0.05) is 15.9 Å². The molecule has 2 aromatic rings. The van der Waals surface area contributed by atoms with Crippen LogP contribution < -0.4 is 10.5 Å². The normalized spacial score (nSPS) is 17.1. The molecule has 0 amide bonds. The number of fused-ring (bicyclic) bond motifs is 1. The summed E-state index contributed by atoms with van der Waals surface area (Å²) in [4.78, 5) is 8.94. The minimum Gasteiger partial charge on any atom is -0.480 e. The molecule has 1 aromatic heterocycles. The number of nitrogens with two attached hydrogens (primary N) is 1. The van der Waals surface area contributed by atoms with E-state index < -0.39 is 0 Å². The molecule has 2 N–H and O–H groups in total. The van der Waals surface area contributed by atoms with E-state index >= 15 is 0 Å². The summed E-state index contributed by atoms with van der Waals surface area (Å²) in [5.74, 6) is 1.27. The molecule has 1 aliphatic rings. The zero-order valence-electron chi connectivity index (χ0n) is 9.40. The predicted octanol–water partition coefficient (Wildman–Crippen LogP) is 2.35. The van der Waals surface area contributed by atoms with Gasteiger partial charge in [0.05, 0.1) is 23.6 Å². The largest absolute Gasteiger partial charge is 0.480 e.